The molecular formula is C13H8ClFO2. The molecule has 0 atom stereocenters. The van der Waals surface area contributed by atoms with E-state index in [1.54, 1.807) is 12.1 Å². The van der Waals surface area contributed by atoms with Crippen LogP contribution in [-0.4, -0.2) is 11.4 Å². The van der Waals surface area contributed by atoms with Crippen molar-refractivity contribution in [3.8, 4) is 16.9 Å². The predicted octanol–water partition coefficient (Wildman–Crippen LogP) is 3.66. The third kappa shape index (κ3) is 2.45. The van der Waals surface area contributed by atoms with E-state index in [0.717, 1.165) is 0 Å². The molecule has 0 fully saturated rings. The van der Waals surface area contributed by atoms with Gasteiger partial charge in [-0.2, -0.15) is 0 Å². The average Bonchev–Trinajstić information content (AvgIpc) is 2.28. The first kappa shape index (κ1) is 11.6. The fourth-order valence-electron chi connectivity index (χ4n) is 1.55. The maximum Gasteiger partial charge on any atom is 0.153 e. The maximum atomic E-state index is 13.2. The smallest absolute Gasteiger partial charge is 0.153 e. The highest BCUT2D eigenvalue weighted by Crippen LogP contribution is 2.27. The van der Waals surface area contributed by atoms with E-state index >= 15 is 0 Å². The summed E-state index contributed by atoms with van der Waals surface area (Å²) in [5.74, 6) is -0.556. The van der Waals surface area contributed by atoms with Gasteiger partial charge in [0.05, 0.1) is 5.56 Å². The zero-order valence-electron chi connectivity index (χ0n) is 8.65. The molecule has 0 aliphatic carbocycles. The molecule has 0 amide bonds. The van der Waals surface area contributed by atoms with Crippen molar-refractivity contribution in [2.24, 2.45) is 0 Å². The Kier molecular flexibility index (Phi) is 3.11. The van der Waals surface area contributed by atoms with Crippen LogP contribution in [0.4, 0.5) is 4.39 Å². The lowest BCUT2D eigenvalue weighted by molar-refractivity contribution is 0.112. The van der Waals surface area contributed by atoms with Crippen molar-refractivity contribution in [2.75, 3.05) is 0 Å². The normalized spacial score (nSPS) is 10.2. The number of aldehydes is 1. The minimum Gasteiger partial charge on any atom is -0.507 e. The highest BCUT2D eigenvalue weighted by atomic mass is 35.5. The Morgan fingerprint density at radius 1 is 1.12 bits per heavy atom. The van der Waals surface area contributed by atoms with Gasteiger partial charge in [-0.3, -0.25) is 4.79 Å². The molecule has 2 aromatic rings. The monoisotopic (exact) mass is 250 g/mol. The van der Waals surface area contributed by atoms with E-state index < -0.39 is 5.82 Å². The molecule has 0 saturated carbocycles. The third-order valence-corrected chi connectivity index (χ3v) is 2.57. The van der Waals surface area contributed by atoms with E-state index in [9.17, 15) is 14.3 Å². The summed E-state index contributed by atoms with van der Waals surface area (Å²) >= 11 is 5.75. The molecule has 17 heavy (non-hydrogen) atoms. The predicted molar refractivity (Wildman–Crippen MR) is 63.9 cm³/mol. The average molecular weight is 251 g/mol. The van der Waals surface area contributed by atoms with E-state index in [0.29, 0.717) is 17.4 Å². The van der Waals surface area contributed by atoms with Gasteiger partial charge in [-0.25, -0.2) is 4.39 Å². The van der Waals surface area contributed by atoms with E-state index in [1.165, 1.54) is 24.3 Å². The first-order valence-corrected chi connectivity index (χ1v) is 5.22. The first-order chi connectivity index (χ1) is 8.10. The molecule has 0 radical (unpaired) electrons. The summed E-state index contributed by atoms with van der Waals surface area (Å²) in [5, 5.41) is 9.64. The van der Waals surface area contributed by atoms with Gasteiger partial charge in [0.2, 0.25) is 0 Å². The zero-order valence-corrected chi connectivity index (χ0v) is 9.41. The first-order valence-electron chi connectivity index (χ1n) is 4.85. The highest BCUT2D eigenvalue weighted by Gasteiger charge is 2.06. The minimum absolute atomic E-state index is 0.105. The number of phenolic OH excluding ortho intramolecular Hbond substituents is 1. The van der Waals surface area contributed by atoms with Crippen molar-refractivity contribution in [1.29, 1.82) is 0 Å². The molecular weight excluding hydrogens is 243 g/mol. The second-order valence-corrected chi connectivity index (χ2v) is 3.99. The summed E-state index contributed by atoms with van der Waals surface area (Å²) in [6.07, 6.45) is 0.541. The molecule has 1 N–H and O–H groups in total. The molecule has 0 aliphatic heterocycles. The van der Waals surface area contributed by atoms with Crippen LogP contribution in [0.2, 0.25) is 5.02 Å². The fraction of sp³-hybridized carbons (Fsp3) is 0. The molecule has 0 heterocycles. The van der Waals surface area contributed by atoms with E-state index in [1.807, 2.05) is 0 Å². The van der Waals surface area contributed by atoms with Gasteiger partial charge in [-0.15, -0.1) is 0 Å². The van der Waals surface area contributed by atoms with E-state index in [2.05, 4.69) is 0 Å². The largest absolute Gasteiger partial charge is 0.507 e. The number of benzene rings is 2. The third-order valence-electron chi connectivity index (χ3n) is 2.35. The summed E-state index contributed by atoms with van der Waals surface area (Å²) in [5.41, 5.74) is 1.33. The lowest BCUT2D eigenvalue weighted by Gasteiger charge is -2.05. The second kappa shape index (κ2) is 4.55. The molecule has 0 bridgehead atoms. The van der Waals surface area contributed by atoms with Gasteiger partial charge in [-0.05, 0) is 41.5 Å². The van der Waals surface area contributed by atoms with Crippen molar-refractivity contribution in [3.63, 3.8) is 0 Å². The lowest BCUT2D eigenvalue weighted by Crippen LogP contribution is -1.85. The summed E-state index contributed by atoms with van der Waals surface area (Å²) in [6.45, 7) is 0. The summed E-state index contributed by atoms with van der Waals surface area (Å²) in [6, 6.07) is 8.56. The Hall–Kier alpha value is -1.87. The lowest BCUT2D eigenvalue weighted by atomic mass is 10.0. The second-order valence-electron chi connectivity index (χ2n) is 3.55. The van der Waals surface area contributed by atoms with Crippen molar-refractivity contribution in [1.82, 2.24) is 0 Å². The van der Waals surface area contributed by atoms with Gasteiger partial charge in [0.1, 0.15) is 11.6 Å². The molecule has 2 nitrogen and oxygen atoms in total. The van der Waals surface area contributed by atoms with Gasteiger partial charge < -0.3 is 5.11 Å². The number of halogens is 2. The quantitative estimate of drug-likeness (QED) is 0.826. The SMILES string of the molecule is O=Cc1cc(-c2cc(F)cc(Cl)c2)ccc1O. The Balaban J connectivity index is 2.56. The Morgan fingerprint density at radius 3 is 2.53 bits per heavy atom. The van der Waals surface area contributed by atoms with Gasteiger partial charge in [0.15, 0.2) is 6.29 Å². The molecule has 0 aromatic heterocycles. The topological polar surface area (TPSA) is 37.3 Å². The standard InChI is InChI=1S/C13H8ClFO2/c14-11-4-9(5-12(15)6-11)8-1-2-13(17)10(3-8)7-16/h1-7,17H. The molecule has 86 valence electrons. The number of phenols is 1. The van der Waals surface area contributed by atoms with Crippen LogP contribution in [0.25, 0.3) is 11.1 Å². The number of carbonyl (C=O) groups excluding carboxylic acids is 1. The van der Waals surface area contributed by atoms with Crippen LogP contribution in [0.5, 0.6) is 5.75 Å². The van der Waals surface area contributed by atoms with Crippen molar-refractivity contribution >= 4 is 17.9 Å². The molecule has 0 spiro atoms. The van der Waals surface area contributed by atoms with Gasteiger partial charge in [0.25, 0.3) is 0 Å². The molecule has 0 aliphatic rings. The maximum absolute atomic E-state index is 13.2. The van der Waals surface area contributed by atoms with Crippen LogP contribution in [0.1, 0.15) is 10.4 Å². The van der Waals surface area contributed by atoms with Gasteiger partial charge in [0, 0.05) is 5.02 Å². The van der Waals surface area contributed by atoms with Crippen LogP contribution in [0, 0.1) is 5.82 Å². The van der Waals surface area contributed by atoms with Crippen LogP contribution in [0.15, 0.2) is 36.4 Å². The minimum atomic E-state index is -0.451. The number of hydrogen-bond acceptors (Lipinski definition) is 2. The van der Waals surface area contributed by atoms with Crippen LogP contribution < -0.4 is 0 Å². The van der Waals surface area contributed by atoms with E-state index in [4.69, 9.17) is 11.6 Å². The van der Waals surface area contributed by atoms with Gasteiger partial charge in [-0.1, -0.05) is 17.7 Å². The van der Waals surface area contributed by atoms with Gasteiger partial charge >= 0.3 is 0 Å². The number of aromatic hydroxyl groups is 1. The molecule has 2 rings (SSSR count). The molecule has 0 saturated heterocycles. The molecule has 2 aromatic carbocycles. The van der Waals surface area contributed by atoms with Crippen LogP contribution in [0.3, 0.4) is 0 Å². The molecule has 4 heteroatoms. The Bertz CT molecular complexity index is 561. The number of hydrogen-bond donors (Lipinski definition) is 1. The van der Waals surface area contributed by atoms with Crippen molar-refractivity contribution in [2.45, 2.75) is 0 Å². The van der Waals surface area contributed by atoms with Crippen LogP contribution >= 0.6 is 11.6 Å². The van der Waals surface area contributed by atoms with E-state index in [-0.39, 0.29) is 16.3 Å². The Labute approximate surface area is 102 Å². The number of carbonyl (C=O) groups is 1. The zero-order chi connectivity index (χ0) is 12.4. The van der Waals surface area contributed by atoms with Crippen LogP contribution in [-0.2, 0) is 0 Å². The summed E-state index contributed by atoms with van der Waals surface area (Å²) in [4.78, 5) is 10.7. The highest BCUT2D eigenvalue weighted by molar-refractivity contribution is 6.30. The summed E-state index contributed by atoms with van der Waals surface area (Å²) < 4.78 is 13.2. The van der Waals surface area contributed by atoms with Crippen molar-refractivity contribution in [3.05, 3.63) is 52.8 Å². The summed E-state index contributed by atoms with van der Waals surface area (Å²) in [7, 11) is 0. The molecule has 0 unspecified atom stereocenters. The van der Waals surface area contributed by atoms with Crippen molar-refractivity contribution < 1.29 is 14.3 Å². The number of rotatable bonds is 2. The Morgan fingerprint density at radius 2 is 1.88 bits per heavy atom. The fourth-order valence-corrected chi connectivity index (χ4v) is 1.77.